The smallest absolute Gasteiger partial charge is 0.225 e. The standard InChI is InChI=1S/C11H18N4O/c1-8-3-5-15(7-10(8)16)11-13-4-2-9(6-12)14-11/h2,4,8,10,16H,3,5-7,12H2,1H3. The SMILES string of the molecule is CC1CCN(c2nccc(CN)n2)CC1O. The highest BCUT2D eigenvalue weighted by atomic mass is 16.3. The molecule has 1 fully saturated rings. The highest BCUT2D eigenvalue weighted by Gasteiger charge is 2.25. The fraction of sp³-hybridized carbons (Fsp3) is 0.636. The van der Waals surface area contributed by atoms with E-state index >= 15 is 0 Å². The highest BCUT2D eigenvalue weighted by molar-refractivity contribution is 5.31. The van der Waals surface area contributed by atoms with Crippen LogP contribution in [0.5, 0.6) is 0 Å². The Morgan fingerprint density at radius 3 is 3.12 bits per heavy atom. The fourth-order valence-corrected chi connectivity index (χ4v) is 1.88. The number of hydrogen-bond donors (Lipinski definition) is 2. The van der Waals surface area contributed by atoms with E-state index in [2.05, 4.69) is 16.9 Å². The van der Waals surface area contributed by atoms with Gasteiger partial charge in [0.05, 0.1) is 11.8 Å². The molecular weight excluding hydrogens is 204 g/mol. The first-order chi connectivity index (χ1) is 7.70. The van der Waals surface area contributed by atoms with E-state index in [0.717, 1.165) is 18.7 Å². The summed E-state index contributed by atoms with van der Waals surface area (Å²) in [6, 6.07) is 1.81. The first-order valence-electron chi connectivity index (χ1n) is 5.65. The zero-order chi connectivity index (χ0) is 11.5. The molecule has 1 aliphatic heterocycles. The van der Waals surface area contributed by atoms with E-state index < -0.39 is 0 Å². The van der Waals surface area contributed by atoms with E-state index in [1.807, 2.05) is 11.0 Å². The number of nitrogens with zero attached hydrogens (tertiary/aromatic N) is 3. The molecule has 2 rings (SSSR count). The molecular formula is C11H18N4O. The highest BCUT2D eigenvalue weighted by Crippen LogP contribution is 2.20. The monoisotopic (exact) mass is 222 g/mol. The molecule has 5 heteroatoms. The van der Waals surface area contributed by atoms with Crippen LogP contribution in [0.4, 0.5) is 5.95 Å². The molecule has 0 saturated carbocycles. The number of anilines is 1. The van der Waals surface area contributed by atoms with Crippen molar-refractivity contribution in [2.45, 2.75) is 26.0 Å². The average molecular weight is 222 g/mol. The zero-order valence-corrected chi connectivity index (χ0v) is 9.50. The summed E-state index contributed by atoms with van der Waals surface area (Å²) in [5.41, 5.74) is 6.37. The molecule has 2 unspecified atom stereocenters. The topological polar surface area (TPSA) is 75.3 Å². The van der Waals surface area contributed by atoms with Gasteiger partial charge >= 0.3 is 0 Å². The minimum Gasteiger partial charge on any atom is -0.391 e. The second-order valence-corrected chi connectivity index (χ2v) is 4.33. The van der Waals surface area contributed by atoms with Gasteiger partial charge in [-0.05, 0) is 18.4 Å². The molecule has 88 valence electrons. The third-order valence-corrected chi connectivity index (χ3v) is 3.11. The second-order valence-electron chi connectivity index (χ2n) is 4.33. The predicted molar refractivity (Wildman–Crippen MR) is 61.9 cm³/mol. The summed E-state index contributed by atoms with van der Waals surface area (Å²) in [4.78, 5) is 10.6. The van der Waals surface area contributed by atoms with Gasteiger partial charge in [0.15, 0.2) is 0 Å². The second kappa shape index (κ2) is 4.76. The average Bonchev–Trinajstić information content (AvgIpc) is 2.33. The number of β-amino-alcohol motifs (C(OH)–C–C–N with tert-alkyl or cyclic N) is 1. The Morgan fingerprint density at radius 2 is 2.44 bits per heavy atom. The number of piperidine rings is 1. The molecule has 5 nitrogen and oxygen atoms in total. The van der Waals surface area contributed by atoms with Gasteiger partial charge in [-0.2, -0.15) is 0 Å². The minimum absolute atomic E-state index is 0.293. The summed E-state index contributed by atoms with van der Waals surface area (Å²) in [5, 5.41) is 9.81. The van der Waals surface area contributed by atoms with Crippen molar-refractivity contribution in [3.8, 4) is 0 Å². The lowest BCUT2D eigenvalue weighted by atomic mass is 9.96. The van der Waals surface area contributed by atoms with Crippen LogP contribution in [-0.4, -0.2) is 34.3 Å². The number of aliphatic hydroxyl groups excluding tert-OH is 1. The summed E-state index contributed by atoms with van der Waals surface area (Å²) in [5.74, 6) is 1.03. The van der Waals surface area contributed by atoms with Gasteiger partial charge in [0.2, 0.25) is 5.95 Å². The summed E-state index contributed by atoms with van der Waals surface area (Å²) < 4.78 is 0. The van der Waals surface area contributed by atoms with Gasteiger partial charge in [0.1, 0.15) is 0 Å². The van der Waals surface area contributed by atoms with Gasteiger partial charge in [-0.15, -0.1) is 0 Å². The summed E-state index contributed by atoms with van der Waals surface area (Å²) in [7, 11) is 0. The van der Waals surface area contributed by atoms with Crippen LogP contribution in [0.2, 0.25) is 0 Å². The van der Waals surface area contributed by atoms with Gasteiger partial charge in [0, 0.05) is 25.8 Å². The Hall–Kier alpha value is -1.20. The Morgan fingerprint density at radius 1 is 1.62 bits per heavy atom. The van der Waals surface area contributed by atoms with Crippen molar-refractivity contribution in [3.05, 3.63) is 18.0 Å². The maximum Gasteiger partial charge on any atom is 0.225 e. The Kier molecular flexibility index (Phi) is 3.36. The molecule has 0 radical (unpaired) electrons. The number of aliphatic hydroxyl groups is 1. The first-order valence-corrected chi connectivity index (χ1v) is 5.65. The zero-order valence-electron chi connectivity index (χ0n) is 9.50. The Labute approximate surface area is 95.3 Å². The molecule has 0 aliphatic carbocycles. The first kappa shape index (κ1) is 11.3. The fourth-order valence-electron chi connectivity index (χ4n) is 1.88. The Bertz CT molecular complexity index is 358. The van der Waals surface area contributed by atoms with Crippen LogP contribution in [0.15, 0.2) is 12.3 Å². The van der Waals surface area contributed by atoms with Crippen molar-refractivity contribution in [2.24, 2.45) is 11.7 Å². The van der Waals surface area contributed by atoms with E-state index in [-0.39, 0.29) is 6.10 Å². The van der Waals surface area contributed by atoms with Crippen molar-refractivity contribution < 1.29 is 5.11 Å². The molecule has 1 aromatic rings. The molecule has 0 spiro atoms. The molecule has 0 bridgehead atoms. The molecule has 1 aromatic heterocycles. The van der Waals surface area contributed by atoms with Crippen molar-refractivity contribution in [1.29, 1.82) is 0 Å². The predicted octanol–water partition coefficient (Wildman–Crippen LogP) is 0.142. The summed E-state index contributed by atoms with van der Waals surface area (Å²) in [6.45, 7) is 3.99. The lowest BCUT2D eigenvalue weighted by Gasteiger charge is -2.34. The minimum atomic E-state index is -0.293. The largest absolute Gasteiger partial charge is 0.391 e. The van der Waals surface area contributed by atoms with Gasteiger partial charge in [-0.3, -0.25) is 0 Å². The van der Waals surface area contributed by atoms with E-state index in [1.165, 1.54) is 0 Å². The van der Waals surface area contributed by atoms with E-state index in [1.54, 1.807) is 6.20 Å². The molecule has 0 aromatic carbocycles. The molecule has 3 N–H and O–H groups in total. The van der Waals surface area contributed by atoms with Crippen LogP contribution in [-0.2, 0) is 6.54 Å². The molecule has 2 heterocycles. The Balaban J connectivity index is 2.12. The summed E-state index contributed by atoms with van der Waals surface area (Å²) >= 11 is 0. The number of aromatic nitrogens is 2. The molecule has 1 aliphatic rings. The van der Waals surface area contributed by atoms with Crippen LogP contribution in [0.25, 0.3) is 0 Å². The van der Waals surface area contributed by atoms with Crippen molar-refractivity contribution in [1.82, 2.24) is 9.97 Å². The molecule has 16 heavy (non-hydrogen) atoms. The number of hydrogen-bond acceptors (Lipinski definition) is 5. The quantitative estimate of drug-likeness (QED) is 0.744. The van der Waals surface area contributed by atoms with Crippen LogP contribution in [0, 0.1) is 5.92 Å². The van der Waals surface area contributed by atoms with Gasteiger partial charge < -0.3 is 15.7 Å². The maximum atomic E-state index is 9.81. The number of rotatable bonds is 2. The molecule has 0 amide bonds. The van der Waals surface area contributed by atoms with E-state index in [0.29, 0.717) is 25.0 Å². The van der Waals surface area contributed by atoms with Crippen molar-refractivity contribution in [3.63, 3.8) is 0 Å². The number of nitrogens with two attached hydrogens (primary N) is 1. The van der Waals surface area contributed by atoms with Crippen molar-refractivity contribution in [2.75, 3.05) is 18.0 Å². The lowest BCUT2D eigenvalue weighted by Crippen LogP contribution is -2.43. The lowest BCUT2D eigenvalue weighted by molar-refractivity contribution is 0.102. The van der Waals surface area contributed by atoms with Crippen molar-refractivity contribution >= 4 is 5.95 Å². The van der Waals surface area contributed by atoms with Gasteiger partial charge in [-0.1, -0.05) is 6.92 Å². The van der Waals surface area contributed by atoms with Crippen LogP contribution < -0.4 is 10.6 Å². The molecule has 1 saturated heterocycles. The van der Waals surface area contributed by atoms with Crippen LogP contribution >= 0.6 is 0 Å². The van der Waals surface area contributed by atoms with E-state index in [4.69, 9.17) is 5.73 Å². The maximum absolute atomic E-state index is 9.81. The molecule has 2 atom stereocenters. The van der Waals surface area contributed by atoms with Crippen LogP contribution in [0.1, 0.15) is 19.0 Å². The normalized spacial score (nSPS) is 25.8. The van der Waals surface area contributed by atoms with Gasteiger partial charge in [0.25, 0.3) is 0 Å². The third kappa shape index (κ3) is 2.31. The summed E-state index contributed by atoms with van der Waals surface area (Å²) in [6.07, 6.45) is 2.39. The van der Waals surface area contributed by atoms with Crippen LogP contribution in [0.3, 0.4) is 0 Å². The van der Waals surface area contributed by atoms with E-state index in [9.17, 15) is 5.11 Å². The van der Waals surface area contributed by atoms with Gasteiger partial charge in [-0.25, -0.2) is 9.97 Å². The third-order valence-electron chi connectivity index (χ3n) is 3.11.